The first-order chi connectivity index (χ1) is 13.5. The molecule has 148 valence electrons. The van der Waals surface area contributed by atoms with Crippen LogP contribution in [0.2, 0.25) is 0 Å². The summed E-state index contributed by atoms with van der Waals surface area (Å²) < 4.78 is 1.58. The molecule has 0 saturated carbocycles. The smallest absolute Gasteiger partial charge is 0.262 e. The minimum absolute atomic E-state index is 0.0413. The predicted molar refractivity (Wildman–Crippen MR) is 114 cm³/mol. The van der Waals surface area contributed by atoms with Crippen LogP contribution >= 0.6 is 22.7 Å². The van der Waals surface area contributed by atoms with Gasteiger partial charge in [0.2, 0.25) is 5.91 Å². The number of nitrogens with zero attached hydrogens (tertiary/aromatic N) is 4. The highest BCUT2D eigenvalue weighted by molar-refractivity contribution is 7.18. The molecule has 4 rings (SSSR count). The molecule has 6 nitrogen and oxygen atoms in total. The van der Waals surface area contributed by atoms with Gasteiger partial charge in [-0.15, -0.1) is 22.7 Å². The van der Waals surface area contributed by atoms with E-state index in [1.165, 1.54) is 4.88 Å². The van der Waals surface area contributed by atoms with Gasteiger partial charge in [0.05, 0.1) is 11.7 Å². The SMILES string of the molecule is Cc1sc2ncn(CCC(=O)N3CCN(Cc4cccs4)CC3)c(=O)c2c1C. The van der Waals surface area contributed by atoms with Crippen LogP contribution in [0.15, 0.2) is 28.6 Å². The van der Waals surface area contributed by atoms with Gasteiger partial charge in [0.1, 0.15) is 4.83 Å². The number of amides is 1. The first kappa shape index (κ1) is 19.3. The number of carbonyl (C=O) groups is 1. The maximum atomic E-state index is 12.7. The van der Waals surface area contributed by atoms with Crippen molar-refractivity contribution in [1.29, 1.82) is 0 Å². The summed E-state index contributed by atoms with van der Waals surface area (Å²) in [4.78, 5) is 37.3. The molecule has 0 N–H and O–H groups in total. The average Bonchev–Trinajstić information content (AvgIpc) is 3.30. The molecule has 28 heavy (non-hydrogen) atoms. The van der Waals surface area contributed by atoms with E-state index < -0.39 is 0 Å². The highest BCUT2D eigenvalue weighted by atomic mass is 32.1. The van der Waals surface area contributed by atoms with Crippen molar-refractivity contribution >= 4 is 38.8 Å². The Hall–Kier alpha value is -2.03. The molecule has 0 radical (unpaired) electrons. The predicted octanol–water partition coefficient (Wildman–Crippen LogP) is 2.87. The third-order valence-electron chi connectivity index (χ3n) is 5.41. The monoisotopic (exact) mass is 416 g/mol. The molecule has 1 aliphatic heterocycles. The summed E-state index contributed by atoms with van der Waals surface area (Å²) in [7, 11) is 0. The normalized spacial score (nSPS) is 15.4. The molecule has 4 heterocycles. The van der Waals surface area contributed by atoms with Gasteiger partial charge in [-0.05, 0) is 30.9 Å². The number of carbonyl (C=O) groups excluding carboxylic acids is 1. The molecule has 3 aromatic rings. The molecule has 1 fully saturated rings. The maximum Gasteiger partial charge on any atom is 0.262 e. The van der Waals surface area contributed by atoms with Gasteiger partial charge < -0.3 is 4.90 Å². The summed E-state index contributed by atoms with van der Waals surface area (Å²) in [6, 6.07) is 4.23. The molecule has 8 heteroatoms. The quantitative estimate of drug-likeness (QED) is 0.642. The first-order valence-electron chi connectivity index (χ1n) is 9.50. The molecule has 0 aliphatic carbocycles. The van der Waals surface area contributed by atoms with Crippen molar-refractivity contribution in [3.8, 4) is 0 Å². The van der Waals surface area contributed by atoms with E-state index >= 15 is 0 Å². The van der Waals surface area contributed by atoms with Gasteiger partial charge in [-0.3, -0.25) is 19.1 Å². The van der Waals surface area contributed by atoms with Crippen molar-refractivity contribution in [2.45, 2.75) is 33.4 Å². The van der Waals surface area contributed by atoms with E-state index in [0.717, 1.165) is 48.0 Å². The lowest BCUT2D eigenvalue weighted by Crippen LogP contribution is -2.48. The van der Waals surface area contributed by atoms with E-state index in [4.69, 9.17) is 0 Å². The van der Waals surface area contributed by atoms with E-state index in [0.29, 0.717) is 18.4 Å². The zero-order chi connectivity index (χ0) is 19.7. The number of thiophene rings is 2. The van der Waals surface area contributed by atoms with Crippen molar-refractivity contribution in [3.05, 3.63) is 49.5 Å². The molecule has 0 bridgehead atoms. The summed E-state index contributed by atoms with van der Waals surface area (Å²) in [6.45, 7) is 8.59. The van der Waals surface area contributed by atoms with Crippen molar-refractivity contribution in [1.82, 2.24) is 19.4 Å². The Morgan fingerprint density at radius 2 is 2.00 bits per heavy atom. The van der Waals surface area contributed by atoms with Crippen LogP contribution in [0.1, 0.15) is 21.7 Å². The summed E-state index contributed by atoms with van der Waals surface area (Å²) >= 11 is 3.32. The Morgan fingerprint density at radius 1 is 1.21 bits per heavy atom. The van der Waals surface area contributed by atoms with E-state index in [1.807, 2.05) is 18.7 Å². The fraction of sp³-hybridized carbons (Fsp3) is 0.450. The maximum absolute atomic E-state index is 12.7. The van der Waals surface area contributed by atoms with Gasteiger partial charge in [0.15, 0.2) is 0 Å². The molecule has 0 aromatic carbocycles. The van der Waals surface area contributed by atoms with E-state index in [-0.39, 0.29) is 11.5 Å². The third kappa shape index (κ3) is 3.90. The first-order valence-corrected chi connectivity index (χ1v) is 11.2. The molecule has 1 amide bonds. The van der Waals surface area contributed by atoms with Crippen molar-refractivity contribution in [2.24, 2.45) is 0 Å². The van der Waals surface area contributed by atoms with Crippen LogP contribution in [-0.2, 0) is 17.9 Å². The Balaban J connectivity index is 1.34. The van der Waals surface area contributed by atoms with Crippen molar-refractivity contribution in [3.63, 3.8) is 0 Å². The molecule has 1 aliphatic rings. The fourth-order valence-electron chi connectivity index (χ4n) is 3.58. The molecule has 0 spiro atoms. The second kappa shape index (κ2) is 8.14. The highest BCUT2D eigenvalue weighted by Gasteiger charge is 2.21. The zero-order valence-corrected chi connectivity index (χ0v) is 17.8. The minimum atomic E-state index is -0.0413. The lowest BCUT2D eigenvalue weighted by Gasteiger charge is -2.34. The number of piperazine rings is 1. The number of rotatable bonds is 5. The second-order valence-electron chi connectivity index (χ2n) is 7.19. The molecule has 1 saturated heterocycles. The molecule has 0 unspecified atom stereocenters. The number of hydrogen-bond acceptors (Lipinski definition) is 6. The number of aromatic nitrogens is 2. The van der Waals surface area contributed by atoms with E-state index in [2.05, 4.69) is 27.4 Å². The van der Waals surface area contributed by atoms with Gasteiger partial charge in [0, 0.05) is 55.4 Å². The van der Waals surface area contributed by atoms with Crippen LogP contribution in [-0.4, -0.2) is 51.4 Å². The average molecular weight is 417 g/mol. The van der Waals surface area contributed by atoms with Crippen LogP contribution in [0, 0.1) is 13.8 Å². The van der Waals surface area contributed by atoms with Crippen LogP contribution in [0.25, 0.3) is 10.2 Å². The Kier molecular flexibility index (Phi) is 5.61. The molecule has 0 atom stereocenters. The van der Waals surface area contributed by atoms with Gasteiger partial charge in [-0.25, -0.2) is 4.98 Å². The summed E-state index contributed by atoms with van der Waals surface area (Å²) in [5, 5.41) is 2.79. The van der Waals surface area contributed by atoms with Crippen molar-refractivity contribution < 1.29 is 4.79 Å². The van der Waals surface area contributed by atoms with E-state index in [9.17, 15) is 9.59 Å². The zero-order valence-electron chi connectivity index (χ0n) is 16.2. The minimum Gasteiger partial charge on any atom is -0.340 e. The van der Waals surface area contributed by atoms with Gasteiger partial charge in [-0.1, -0.05) is 6.07 Å². The lowest BCUT2D eigenvalue weighted by molar-refractivity contribution is -0.133. The Bertz CT molecular complexity index is 1030. The summed E-state index contributed by atoms with van der Waals surface area (Å²) in [6.07, 6.45) is 1.91. The van der Waals surface area contributed by atoms with Crippen LogP contribution in [0.4, 0.5) is 0 Å². The summed E-state index contributed by atoms with van der Waals surface area (Å²) in [5.74, 6) is 0.112. The van der Waals surface area contributed by atoms with Crippen LogP contribution in [0.5, 0.6) is 0 Å². The Morgan fingerprint density at radius 3 is 2.71 bits per heavy atom. The van der Waals surface area contributed by atoms with Crippen LogP contribution in [0.3, 0.4) is 0 Å². The topological polar surface area (TPSA) is 58.4 Å². The van der Waals surface area contributed by atoms with E-state index in [1.54, 1.807) is 33.6 Å². The van der Waals surface area contributed by atoms with Gasteiger partial charge >= 0.3 is 0 Å². The summed E-state index contributed by atoms with van der Waals surface area (Å²) in [5.41, 5.74) is 0.959. The fourth-order valence-corrected chi connectivity index (χ4v) is 5.32. The standard InChI is InChI=1S/C20H24N4O2S2/c1-14-15(2)28-19-18(14)20(26)24(13-21-19)6-5-17(25)23-9-7-22(8-10-23)12-16-4-3-11-27-16/h3-4,11,13H,5-10,12H2,1-2H3. The Labute approximate surface area is 172 Å². The second-order valence-corrected chi connectivity index (χ2v) is 9.43. The number of aryl methyl sites for hydroxylation is 3. The largest absolute Gasteiger partial charge is 0.340 e. The lowest BCUT2D eigenvalue weighted by atomic mass is 10.2. The number of hydrogen-bond donors (Lipinski definition) is 0. The number of fused-ring (bicyclic) bond motifs is 1. The highest BCUT2D eigenvalue weighted by Crippen LogP contribution is 2.25. The molecular weight excluding hydrogens is 392 g/mol. The van der Waals surface area contributed by atoms with Crippen molar-refractivity contribution in [2.75, 3.05) is 26.2 Å². The third-order valence-corrected chi connectivity index (χ3v) is 7.38. The van der Waals surface area contributed by atoms with Gasteiger partial charge in [0.25, 0.3) is 5.56 Å². The van der Waals surface area contributed by atoms with Gasteiger partial charge in [-0.2, -0.15) is 0 Å². The molecule has 3 aromatic heterocycles. The van der Waals surface area contributed by atoms with Crippen LogP contribution < -0.4 is 5.56 Å². The molecular formula is C20H24N4O2S2.